The van der Waals surface area contributed by atoms with Crippen molar-refractivity contribution >= 4 is 34.5 Å². The molecule has 1 aliphatic rings. The number of morpholine rings is 1. The van der Waals surface area contributed by atoms with Gasteiger partial charge in [0.25, 0.3) is 5.91 Å². The van der Waals surface area contributed by atoms with Crippen molar-refractivity contribution in [3.8, 4) is 0 Å². The largest absolute Gasteiger partial charge is 0.378 e. The number of amides is 2. The Hall–Kier alpha value is -3.16. The minimum atomic E-state index is -0.684. The molecule has 31 heavy (non-hydrogen) atoms. The van der Waals surface area contributed by atoms with Crippen LogP contribution >= 0.6 is 11.3 Å². The molecule has 1 unspecified atom stereocenters. The van der Waals surface area contributed by atoms with Gasteiger partial charge in [-0.15, -0.1) is 11.3 Å². The predicted molar refractivity (Wildman–Crippen MR) is 124 cm³/mol. The van der Waals surface area contributed by atoms with Crippen molar-refractivity contribution in [2.75, 3.05) is 36.5 Å². The van der Waals surface area contributed by atoms with Gasteiger partial charge in [-0.05, 0) is 41.3 Å². The lowest BCUT2D eigenvalue weighted by Crippen LogP contribution is -2.45. The molecule has 1 atom stereocenters. The van der Waals surface area contributed by atoms with E-state index in [0.717, 1.165) is 37.6 Å². The number of rotatable bonds is 7. The topological polar surface area (TPSA) is 70.7 Å². The van der Waals surface area contributed by atoms with Crippen molar-refractivity contribution in [3.63, 3.8) is 0 Å². The fourth-order valence-electron chi connectivity index (χ4n) is 3.50. The molecule has 6 nitrogen and oxygen atoms in total. The number of carbonyl (C=O) groups excluding carboxylic acids is 2. The molecule has 160 valence electrons. The fraction of sp³-hybridized carbons (Fsp3) is 0.250. The van der Waals surface area contributed by atoms with Gasteiger partial charge in [-0.2, -0.15) is 0 Å². The highest BCUT2D eigenvalue weighted by Crippen LogP contribution is 2.19. The van der Waals surface area contributed by atoms with Crippen LogP contribution in [0.5, 0.6) is 0 Å². The van der Waals surface area contributed by atoms with E-state index in [0.29, 0.717) is 17.0 Å². The quantitative estimate of drug-likeness (QED) is 0.595. The van der Waals surface area contributed by atoms with Gasteiger partial charge < -0.3 is 20.3 Å². The molecule has 3 aromatic rings. The van der Waals surface area contributed by atoms with Crippen LogP contribution in [-0.2, 0) is 16.0 Å². The number of nitrogens with one attached hydrogen (secondary N) is 2. The molecule has 2 aromatic carbocycles. The smallest absolute Gasteiger partial charge is 0.262 e. The molecule has 1 aromatic heterocycles. The van der Waals surface area contributed by atoms with Gasteiger partial charge in [-0.3, -0.25) is 9.59 Å². The molecule has 1 saturated heterocycles. The Morgan fingerprint density at radius 1 is 0.968 bits per heavy atom. The molecule has 0 radical (unpaired) electrons. The summed E-state index contributed by atoms with van der Waals surface area (Å²) < 4.78 is 5.40. The minimum Gasteiger partial charge on any atom is -0.378 e. The molecule has 4 rings (SSSR count). The lowest BCUT2D eigenvalue weighted by molar-refractivity contribution is -0.118. The van der Waals surface area contributed by atoms with Crippen LogP contribution in [0.25, 0.3) is 0 Å². The van der Waals surface area contributed by atoms with Gasteiger partial charge in [0.05, 0.1) is 18.1 Å². The van der Waals surface area contributed by atoms with Crippen LogP contribution in [0.4, 0.5) is 11.4 Å². The van der Waals surface area contributed by atoms with Crippen molar-refractivity contribution in [1.82, 2.24) is 5.32 Å². The Labute approximate surface area is 185 Å². The average Bonchev–Trinajstić information content (AvgIpc) is 3.36. The van der Waals surface area contributed by atoms with Crippen LogP contribution in [0.3, 0.4) is 0 Å². The number of nitrogens with zero attached hydrogens (tertiary/aromatic N) is 1. The summed E-state index contributed by atoms with van der Waals surface area (Å²) >= 11 is 1.35. The Balaban J connectivity index is 1.44. The van der Waals surface area contributed by atoms with E-state index in [2.05, 4.69) is 15.5 Å². The maximum absolute atomic E-state index is 13.1. The van der Waals surface area contributed by atoms with Crippen molar-refractivity contribution < 1.29 is 14.3 Å². The summed E-state index contributed by atoms with van der Waals surface area (Å²) in [6.45, 7) is 3.17. The summed E-state index contributed by atoms with van der Waals surface area (Å²) in [5.74, 6) is -0.485. The Morgan fingerprint density at radius 3 is 2.39 bits per heavy atom. The van der Waals surface area contributed by atoms with E-state index in [1.807, 2.05) is 66.0 Å². The Bertz CT molecular complexity index is 985. The van der Waals surface area contributed by atoms with Crippen molar-refractivity contribution in [3.05, 3.63) is 82.6 Å². The summed E-state index contributed by atoms with van der Waals surface area (Å²) in [6, 6.07) is 20.4. The third-order valence-electron chi connectivity index (χ3n) is 5.16. The van der Waals surface area contributed by atoms with Gasteiger partial charge in [0, 0.05) is 30.9 Å². The standard InChI is InChI=1S/C24H25N3O3S/c28-23(25-19-8-10-20(11-9-19)27-12-14-30-15-13-27)21(17-18-5-2-1-3-6-18)26-24(29)22-7-4-16-31-22/h1-11,16,21H,12-15,17H2,(H,25,28)(H,26,29). The van der Waals surface area contributed by atoms with Crippen LogP contribution in [0.15, 0.2) is 72.1 Å². The lowest BCUT2D eigenvalue weighted by atomic mass is 10.0. The average molecular weight is 436 g/mol. The zero-order chi connectivity index (χ0) is 21.5. The maximum Gasteiger partial charge on any atom is 0.262 e. The van der Waals surface area contributed by atoms with Gasteiger partial charge in [0.2, 0.25) is 5.91 Å². The number of hydrogen-bond donors (Lipinski definition) is 2. The first-order valence-electron chi connectivity index (χ1n) is 10.3. The van der Waals surface area contributed by atoms with E-state index in [4.69, 9.17) is 4.74 Å². The molecule has 2 N–H and O–H groups in total. The van der Waals surface area contributed by atoms with Crippen LogP contribution in [-0.4, -0.2) is 44.2 Å². The second kappa shape index (κ2) is 10.2. The zero-order valence-electron chi connectivity index (χ0n) is 17.1. The van der Waals surface area contributed by atoms with E-state index < -0.39 is 6.04 Å². The van der Waals surface area contributed by atoms with Crippen LogP contribution in [0, 0.1) is 0 Å². The van der Waals surface area contributed by atoms with Gasteiger partial charge >= 0.3 is 0 Å². The summed E-state index contributed by atoms with van der Waals surface area (Å²) in [5, 5.41) is 7.68. The highest BCUT2D eigenvalue weighted by Gasteiger charge is 2.22. The minimum absolute atomic E-state index is 0.242. The van der Waals surface area contributed by atoms with Gasteiger partial charge in [-0.25, -0.2) is 0 Å². The first kappa shape index (κ1) is 21.1. The third kappa shape index (κ3) is 5.71. The van der Waals surface area contributed by atoms with E-state index in [1.165, 1.54) is 11.3 Å². The number of hydrogen-bond acceptors (Lipinski definition) is 5. The van der Waals surface area contributed by atoms with E-state index in [1.54, 1.807) is 6.07 Å². The van der Waals surface area contributed by atoms with Crippen LogP contribution < -0.4 is 15.5 Å². The Kier molecular flexibility index (Phi) is 6.96. The normalized spacial score (nSPS) is 14.6. The number of carbonyl (C=O) groups is 2. The molecule has 0 bridgehead atoms. The highest BCUT2D eigenvalue weighted by atomic mass is 32.1. The fourth-order valence-corrected chi connectivity index (χ4v) is 4.13. The zero-order valence-corrected chi connectivity index (χ0v) is 17.9. The monoisotopic (exact) mass is 435 g/mol. The van der Waals surface area contributed by atoms with E-state index in [-0.39, 0.29) is 11.8 Å². The molecule has 1 aliphatic heterocycles. The van der Waals surface area contributed by atoms with Gasteiger partial charge in [0.1, 0.15) is 6.04 Å². The first-order valence-corrected chi connectivity index (χ1v) is 11.2. The summed E-state index contributed by atoms with van der Waals surface area (Å²) in [7, 11) is 0. The Morgan fingerprint density at radius 2 is 1.71 bits per heavy atom. The lowest BCUT2D eigenvalue weighted by Gasteiger charge is -2.29. The SMILES string of the molecule is O=C(NC(Cc1ccccc1)C(=O)Nc1ccc(N2CCOCC2)cc1)c1cccs1. The van der Waals surface area contributed by atoms with Crippen molar-refractivity contribution in [2.45, 2.75) is 12.5 Å². The van der Waals surface area contributed by atoms with Crippen LogP contribution in [0.2, 0.25) is 0 Å². The van der Waals surface area contributed by atoms with E-state index >= 15 is 0 Å². The van der Waals surface area contributed by atoms with E-state index in [9.17, 15) is 9.59 Å². The second-order valence-corrected chi connectivity index (χ2v) is 8.28. The molecule has 0 spiro atoms. The molecular weight excluding hydrogens is 410 g/mol. The number of ether oxygens (including phenoxy) is 1. The molecule has 1 fully saturated rings. The number of thiophene rings is 1. The molecule has 2 amide bonds. The maximum atomic E-state index is 13.1. The van der Waals surface area contributed by atoms with Gasteiger partial charge in [0.15, 0.2) is 0 Å². The van der Waals surface area contributed by atoms with Gasteiger partial charge in [-0.1, -0.05) is 36.4 Å². The summed E-state index contributed by atoms with van der Waals surface area (Å²) in [5.41, 5.74) is 2.79. The predicted octanol–water partition coefficient (Wildman–Crippen LogP) is 3.56. The first-order chi connectivity index (χ1) is 15.2. The molecule has 0 saturated carbocycles. The molecular formula is C24H25N3O3S. The highest BCUT2D eigenvalue weighted by molar-refractivity contribution is 7.12. The summed E-state index contributed by atoms with van der Waals surface area (Å²) in [4.78, 5) is 28.5. The molecule has 7 heteroatoms. The van der Waals surface area contributed by atoms with Crippen LogP contribution in [0.1, 0.15) is 15.2 Å². The summed E-state index contributed by atoms with van der Waals surface area (Å²) in [6.07, 6.45) is 0.412. The molecule has 0 aliphatic carbocycles. The second-order valence-electron chi connectivity index (χ2n) is 7.33. The number of anilines is 2. The number of benzene rings is 2. The van der Waals surface area contributed by atoms with Crippen molar-refractivity contribution in [2.24, 2.45) is 0 Å². The third-order valence-corrected chi connectivity index (χ3v) is 6.03. The van der Waals surface area contributed by atoms with Crippen molar-refractivity contribution in [1.29, 1.82) is 0 Å². The molecule has 2 heterocycles.